The van der Waals surface area contributed by atoms with E-state index in [4.69, 9.17) is 0 Å². The molecule has 1 aromatic heterocycles. The number of aromatic nitrogens is 1. The number of hydrogen-bond donors (Lipinski definition) is 0. The molecule has 2 aromatic rings. The Bertz CT molecular complexity index is 853. The molecule has 0 saturated carbocycles. The van der Waals surface area contributed by atoms with Crippen molar-refractivity contribution in [2.45, 2.75) is 25.8 Å². The highest BCUT2D eigenvalue weighted by atomic mass is 16.6. The van der Waals surface area contributed by atoms with Gasteiger partial charge in [-0.3, -0.25) is 19.7 Å². The highest BCUT2D eigenvalue weighted by Crippen LogP contribution is 2.15. The molecule has 7 heteroatoms. The van der Waals surface area contributed by atoms with E-state index >= 15 is 0 Å². The van der Waals surface area contributed by atoms with Gasteiger partial charge in [-0.15, -0.1) is 0 Å². The number of piperidine rings is 1. The quantitative estimate of drug-likeness (QED) is 0.631. The van der Waals surface area contributed by atoms with E-state index in [-0.39, 0.29) is 23.7 Å². The minimum atomic E-state index is -0.535. The van der Waals surface area contributed by atoms with Gasteiger partial charge in [0.2, 0.25) is 0 Å². The fourth-order valence-corrected chi connectivity index (χ4v) is 3.03. The van der Waals surface area contributed by atoms with Crippen molar-refractivity contribution < 1.29 is 9.72 Å². The predicted octanol–water partition coefficient (Wildman–Crippen LogP) is 2.43. The highest BCUT2D eigenvalue weighted by molar-refractivity contribution is 5.94. The molecule has 0 aliphatic carbocycles. The zero-order valence-corrected chi connectivity index (χ0v) is 13.8. The first-order chi connectivity index (χ1) is 12.0. The molecule has 0 unspecified atom stereocenters. The van der Waals surface area contributed by atoms with Gasteiger partial charge in [0.25, 0.3) is 17.2 Å². The van der Waals surface area contributed by atoms with Gasteiger partial charge in [-0.1, -0.05) is 12.1 Å². The summed E-state index contributed by atoms with van der Waals surface area (Å²) in [6, 6.07) is 9.46. The summed E-state index contributed by atoms with van der Waals surface area (Å²) in [5.74, 6) is -0.00654. The van der Waals surface area contributed by atoms with E-state index < -0.39 is 4.92 Å². The van der Waals surface area contributed by atoms with Gasteiger partial charge in [0.05, 0.1) is 17.7 Å². The van der Waals surface area contributed by atoms with Crippen LogP contribution in [0.2, 0.25) is 0 Å². The van der Waals surface area contributed by atoms with Gasteiger partial charge in [-0.05, 0) is 37.0 Å². The van der Waals surface area contributed by atoms with E-state index in [0.29, 0.717) is 5.56 Å². The van der Waals surface area contributed by atoms with Crippen LogP contribution in [0, 0.1) is 10.1 Å². The van der Waals surface area contributed by atoms with E-state index in [1.165, 1.54) is 22.9 Å². The Hall–Kier alpha value is -2.96. The number of carbonyl (C=O) groups is 1. The summed E-state index contributed by atoms with van der Waals surface area (Å²) in [6.45, 7) is 1.72. The van der Waals surface area contributed by atoms with E-state index in [1.54, 1.807) is 24.3 Å². The molecule has 0 bridgehead atoms. The maximum Gasteiger partial charge on any atom is 0.285 e. The van der Waals surface area contributed by atoms with Crippen molar-refractivity contribution in [3.05, 3.63) is 74.2 Å². The Morgan fingerprint density at radius 3 is 2.60 bits per heavy atom. The second-order valence-corrected chi connectivity index (χ2v) is 6.16. The van der Waals surface area contributed by atoms with Gasteiger partial charge in [0, 0.05) is 30.8 Å². The number of nitro groups is 1. The largest absolute Gasteiger partial charge is 0.339 e. The summed E-state index contributed by atoms with van der Waals surface area (Å²) in [4.78, 5) is 36.7. The van der Waals surface area contributed by atoms with Gasteiger partial charge < -0.3 is 9.47 Å². The minimum absolute atomic E-state index is 0.00654. The number of amides is 1. The Kier molecular flexibility index (Phi) is 4.92. The third kappa shape index (κ3) is 3.93. The second-order valence-electron chi connectivity index (χ2n) is 6.16. The Balaban J connectivity index is 1.82. The third-order valence-electron chi connectivity index (χ3n) is 4.35. The maximum absolute atomic E-state index is 12.6. The first kappa shape index (κ1) is 16.9. The predicted molar refractivity (Wildman–Crippen MR) is 92.7 cm³/mol. The normalized spacial score (nSPS) is 14.3. The smallest absolute Gasteiger partial charge is 0.285 e. The number of nitrogens with zero attached hydrogens (tertiary/aromatic N) is 3. The second kappa shape index (κ2) is 7.29. The molecule has 2 heterocycles. The van der Waals surface area contributed by atoms with Crippen LogP contribution in [0.15, 0.2) is 47.4 Å². The molecule has 0 spiro atoms. The number of rotatable bonds is 4. The number of hydrogen-bond acceptors (Lipinski definition) is 4. The van der Waals surface area contributed by atoms with E-state index in [9.17, 15) is 19.7 Å². The van der Waals surface area contributed by atoms with Crippen LogP contribution in [-0.2, 0) is 6.54 Å². The average molecular weight is 341 g/mol. The molecule has 1 saturated heterocycles. The molecule has 1 aromatic carbocycles. The summed E-state index contributed by atoms with van der Waals surface area (Å²) in [5.41, 5.74) is 0.877. The van der Waals surface area contributed by atoms with Crippen LogP contribution in [0.4, 0.5) is 5.69 Å². The molecule has 0 radical (unpaired) electrons. The highest BCUT2D eigenvalue weighted by Gasteiger charge is 2.18. The lowest BCUT2D eigenvalue weighted by Gasteiger charge is -2.26. The first-order valence-corrected chi connectivity index (χ1v) is 8.28. The van der Waals surface area contributed by atoms with Crippen molar-refractivity contribution in [3.8, 4) is 0 Å². The van der Waals surface area contributed by atoms with Crippen LogP contribution in [-0.4, -0.2) is 33.4 Å². The molecule has 25 heavy (non-hydrogen) atoms. The van der Waals surface area contributed by atoms with Gasteiger partial charge in [-0.25, -0.2) is 0 Å². The van der Waals surface area contributed by atoms with Crippen LogP contribution in [0.3, 0.4) is 0 Å². The number of benzene rings is 1. The zero-order chi connectivity index (χ0) is 17.8. The third-order valence-corrected chi connectivity index (χ3v) is 4.35. The summed E-state index contributed by atoms with van der Waals surface area (Å²) in [7, 11) is 0. The molecule has 1 aliphatic rings. The van der Waals surface area contributed by atoms with E-state index in [0.717, 1.165) is 37.9 Å². The number of likely N-dealkylation sites (tertiary alicyclic amines) is 1. The van der Waals surface area contributed by atoms with Crippen molar-refractivity contribution >= 4 is 11.6 Å². The van der Waals surface area contributed by atoms with Crippen LogP contribution in [0.25, 0.3) is 0 Å². The Morgan fingerprint density at radius 2 is 1.88 bits per heavy atom. The standard InChI is InChI=1S/C18H19N3O4/c22-17-8-7-16(21(24)25)13-20(17)12-14-5-4-6-15(11-14)18(23)19-9-2-1-3-10-19/h4-8,11,13H,1-3,9-10,12H2. The molecule has 7 nitrogen and oxygen atoms in total. The molecule has 0 N–H and O–H groups in total. The van der Waals surface area contributed by atoms with Gasteiger partial charge >= 0.3 is 0 Å². The molecule has 1 fully saturated rings. The molecule has 0 atom stereocenters. The summed E-state index contributed by atoms with van der Waals surface area (Å²) < 4.78 is 1.28. The fourth-order valence-electron chi connectivity index (χ4n) is 3.03. The fraction of sp³-hybridized carbons (Fsp3) is 0.333. The van der Waals surface area contributed by atoms with Gasteiger partial charge in [0.1, 0.15) is 0 Å². The summed E-state index contributed by atoms with van der Waals surface area (Å²) >= 11 is 0. The average Bonchev–Trinajstić information content (AvgIpc) is 2.63. The number of pyridine rings is 1. The van der Waals surface area contributed by atoms with E-state index in [1.807, 2.05) is 4.90 Å². The van der Waals surface area contributed by atoms with Crippen LogP contribution >= 0.6 is 0 Å². The summed E-state index contributed by atoms with van der Waals surface area (Å²) in [5, 5.41) is 10.9. The molecule has 3 rings (SSSR count). The molecule has 1 amide bonds. The van der Waals surface area contributed by atoms with Gasteiger partial charge in [0.15, 0.2) is 0 Å². The molecular formula is C18H19N3O4. The molecule has 130 valence electrons. The van der Waals surface area contributed by atoms with Crippen LogP contribution < -0.4 is 5.56 Å². The van der Waals surface area contributed by atoms with Crippen molar-refractivity contribution in [2.24, 2.45) is 0 Å². The van der Waals surface area contributed by atoms with E-state index in [2.05, 4.69) is 0 Å². The zero-order valence-electron chi connectivity index (χ0n) is 13.8. The van der Waals surface area contributed by atoms with Crippen molar-refractivity contribution in [2.75, 3.05) is 13.1 Å². The number of carbonyl (C=O) groups excluding carboxylic acids is 1. The van der Waals surface area contributed by atoms with Crippen molar-refractivity contribution in [3.63, 3.8) is 0 Å². The minimum Gasteiger partial charge on any atom is -0.339 e. The monoisotopic (exact) mass is 341 g/mol. The van der Waals surface area contributed by atoms with Gasteiger partial charge in [-0.2, -0.15) is 0 Å². The first-order valence-electron chi connectivity index (χ1n) is 8.28. The molecule has 1 aliphatic heterocycles. The SMILES string of the molecule is O=C(c1cccc(Cn2cc([N+](=O)[O-])ccc2=O)c1)N1CCCCC1. The summed E-state index contributed by atoms with van der Waals surface area (Å²) in [6.07, 6.45) is 4.42. The Labute approximate surface area is 144 Å². The lowest BCUT2D eigenvalue weighted by molar-refractivity contribution is -0.385. The van der Waals surface area contributed by atoms with Crippen LogP contribution in [0.1, 0.15) is 35.2 Å². The van der Waals surface area contributed by atoms with Crippen molar-refractivity contribution in [1.29, 1.82) is 0 Å². The topological polar surface area (TPSA) is 85.5 Å². The maximum atomic E-state index is 12.6. The van der Waals surface area contributed by atoms with Crippen molar-refractivity contribution in [1.82, 2.24) is 9.47 Å². The lowest BCUT2D eigenvalue weighted by atomic mass is 10.1. The van der Waals surface area contributed by atoms with Crippen LogP contribution in [0.5, 0.6) is 0 Å². The lowest BCUT2D eigenvalue weighted by Crippen LogP contribution is -2.35. The molecular weight excluding hydrogens is 322 g/mol. The Morgan fingerprint density at radius 1 is 1.12 bits per heavy atom.